The Kier molecular flexibility index (Phi) is 5.26. The zero-order valence-electron chi connectivity index (χ0n) is 13.7. The highest BCUT2D eigenvalue weighted by Crippen LogP contribution is 2.24. The zero-order valence-corrected chi connectivity index (χ0v) is 15.3. The maximum absolute atomic E-state index is 13.7. The minimum absolute atomic E-state index is 0.155. The van der Waals surface area contributed by atoms with Gasteiger partial charge < -0.3 is 19.4 Å². The molecule has 3 rings (SSSR count). The first-order valence-electron chi connectivity index (χ1n) is 7.76. The topological polar surface area (TPSA) is 69.6 Å². The number of carbonyl (C=O) groups is 1. The number of hydrogen-bond acceptors (Lipinski definition) is 4. The normalized spacial score (nSPS) is 16.3. The highest BCUT2D eigenvalue weighted by atomic mass is 79.9. The number of aromatic nitrogens is 1. The lowest BCUT2D eigenvalue weighted by molar-refractivity contribution is 0.130. The maximum atomic E-state index is 13.7. The highest BCUT2D eigenvalue weighted by Gasteiger charge is 2.24. The second-order valence-electron chi connectivity index (χ2n) is 5.81. The van der Waals surface area contributed by atoms with E-state index in [9.17, 15) is 18.4 Å². The number of nitrogens with one attached hydrogen (secondary N) is 1. The smallest absolute Gasteiger partial charge is 0.407 e. The minimum atomic E-state index is -0.721. The van der Waals surface area contributed by atoms with Crippen LogP contribution >= 0.6 is 15.9 Å². The number of aryl methyl sites for hydroxylation is 1. The molecule has 1 unspecified atom stereocenters. The molecular weight excluding hydrogens is 414 g/mol. The van der Waals surface area contributed by atoms with Gasteiger partial charge in [-0.1, -0.05) is 0 Å². The van der Waals surface area contributed by atoms with Gasteiger partial charge in [0.25, 0.3) is 5.56 Å². The van der Waals surface area contributed by atoms with Gasteiger partial charge in [0.05, 0.1) is 13.1 Å². The number of carbonyl (C=O) groups excluding carboxylic acids is 1. The first-order chi connectivity index (χ1) is 12.3. The van der Waals surface area contributed by atoms with E-state index in [1.165, 1.54) is 10.6 Å². The Morgan fingerprint density at radius 1 is 1.35 bits per heavy atom. The van der Waals surface area contributed by atoms with Crippen molar-refractivity contribution in [3.05, 3.63) is 62.0 Å². The average Bonchev–Trinajstić information content (AvgIpc) is 3.00. The van der Waals surface area contributed by atoms with E-state index in [1.54, 1.807) is 13.0 Å². The number of pyridine rings is 1. The lowest BCUT2D eigenvalue weighted by Gasteiger charge is -2.16. The number of ether oxygens (including phenoxy) is 2. The second-order valence-corrected chi connectivity index (χ2v) is 6.61. The second kappa shape index (κ2) is 7.45. The summed E-state index contributed by atoms with van der Waals surface area (Å²) >= 11 is 3.19. The van der Waals surface area contributed by atoms with Gasteiger partial charge in [-0.3, -0.25) is 4.79 Å². The summed E-state index contributed by atoms with van der Waals surface area (Å²) in [6.07, 6.45) is -0.952. The first kappa shape index (κ1) is 18.4. The van der Waals surface area contributed by atoms with E-state index in [4.69, 9.17) is 9.47 Å². The summed E-state index contributed by atoms with van der Waals surface area (Å²) in [4.78, 5) is 23.7. The van der Waals surface area contributed by atoms with Crippen molar-refractivity contribution in [1.82, 2.24) is 9.88 Å². The van der Waals surface area contributed by atoms with E-state index in [1.807, 2.05) is 0 Å². The summed E-state index contributed by atoms with van der Waals surface area (Å²) in [7, 11) is 0. The van der Waals surface area contributed by atoms with Gasteiger partial charge in [-0.25, -0.2) is 13.6 Å². The van der Waals surface area contributed by atoms with E-state index in [2.05, 4.69) is 21.2 Å². The maximum Gasteiger partial charge on any atom is 0.407 e. The third-order valence-corrected chi connectivity index (χ3v) is 4.68. The van der Waals surface area contributed by atoms with Gasteiger partial charge in [0.15, 0.2) is 0 Å². The van der Waals surface area contributed by atoms with Crippen molar-refractivity contribution >= 4 is 22.0 Å². The van der Waals surface area contributed by atoms with Crippen LogP contribution in [0.2, 0.25) is 0 Å². The average molecular weight is 429 g/mol. The molecule has 1 aromatic carbocycles. The van der Waals surface area contributed by atoms with Crippen LogP contribution in [-0.2, 0) is 17.9 Å². The van der Waals surface area contributed by atoms with Gasteiger partial charge >= 0.3 is 6.09 Å². The predicted octanol–water partition coefficient (Wildman–Crippen LogP) is 2.88. The molecule has 2 heterocycles. The zero-order chi connectivity index (χ0) is 18.8. The van der Waals surface area contributed by atoms with Crippen LogP contribution in [0.4, 0.5) is 13.6 Å². The Balaban J connectivity index is 1.78. The van der Waals surface area contributed by atoms with Crippen LogP contribution in [0.1, 0.15) is 11.3 Å². The third kappa shape index (κ3) is 3.87. The van der Waals surface area contributed by atoms with E-state index in [-0.39, 0.29) is 34.5 Å². The van der Waals surface area contributed by atoms with Crippen molar-refractivity contribution in [3.63, 3.8) is 0 Å². The Hall–Kier alpha value is -2.42. The fourth-order valence-electron chi connectivity index (χ4n) is 2.58. The monoisotopic (exact) mass is 428 g/mol. The van der Waals surface area contributed by atoms with Crippen LogP contribution in [0.5, 0.6) is 5.75 Å². The molecule has 0 saturated carbocycles. The van der Waals surface area contributed by atoms with Crippen LogP contribution in [0.15, 0.2) is 33.5 Å². The molecular formula is C17H15BrF2N2O4. The molecule has 0 spiro atoms. The summed E-state index contributed by atoms with van der Waals surface area (Å²) in [5.41, 5.74) is 0.405. The van der Waals surface area contributed by atoms with Crippen LogP contribution < -0.4 is 15.6 Å². The fraction of sp³-hybridized carbons (Fsp3) is 0.294. The number of rotatable bonds is 5. The Morgan fingerprint density at radius 3 is 2.77 bits per heavy atom. The van der Waals surface area contributed by atoms with E-state index in [0.717, 1.165) is 12.1 Å². The largest absolute Gasteiger partial charge is 0.487 e. The molecule has 1 aliphatic heterocycles. The molecule has 0 bridgehead atoms. The van der Waals surface area contributed by atoms with Crippen molar-refractivity contribution in [1.29, 1.82) is 0 Å². The lowest BCUT2D eigenvalue weighted by Crippen LogP contribution is -2.30. The van der Waals surface area contributed by atoms with Gasteiger partial charge in [-0.15, -0.1) is 0 Å². The molecule has 2 aromatic rings. The van der Waals surface area contributed by atoms with Crippen LogP contribution in [0.3, 0.4) is 0 Å². The SMILES string of the molecule is Cc1cc(OCc2ccc(F)cc2F)c(Br)c(=O)n1CC1CNC(=O)O1. The molecule has 1 aliphatic rings. The molecule has 6 nitrogen and oxygen atoms in total. The Bertz CT molecular complexity index is 916. The summed E-state index contributed by atoms with van der Waals surface area (Å²) in [6.45, 7) is 2.08. The number of cyclic esters (lactones) is 1. The molecule has 1 saturated heterocycles. The number of benzene rings is 1. The van der Waals surface area contributed by atoms with Gasteiger partial charge in [-0.2, -0.15) is 0 Å². The number of alkyl carbamates (subject to hydrolysis) is 1. The number of amides is 1. The molecule has 138 valence electrons. The molecule has 1 fully saturated rings. The predicted molar refractivity (Wildman–Crippen MR) is 92.1 cm³/mol. The highest BCUT2D eigenvalue weighted by molar-refractivity contribution is 9.10. The molecule has 1 N–H and O–H groups in total. The molecule has 1 amide bonds. The van der Waals surface area contributed by atoms with Gasteiger partial charge in [0.2, 0.25) is 0 Å². The van der Waals surface area contributed by atoms with Gasteiger partial charge in [0, 0.05) is 23.4 Å². The molecule has 0 aliphatic carbocycles. The molecule has 26 heavy (non-hydrogen) atoms. The van der Waals surface area contributed by atoms with Crippen molar-refractivity contribution in [3.8, 4) is 5.75 Å². The summed E-state index contributed by atoms with van der Waals surface area (Å²) in [5, 5.41) is 2.53. The molecule has 0 radical (unpaired) electrons. The van der Waals surface area contributed by atoms with Crippen LogP contribution in [0, 0.1) is 18.6 Å². The van der Waals surface area contributed by atoms with Crippen molar-refractivity contribution in [2.45, 2.75) is 26.2 Å². The van der Waals surface area contributed by atoms with E-state index in [0.29, 0.717) is 12.2 Å². The van der Waals surface area contributed by atoms with Crippen LogP contribution in [0.25, 0.3) is 0 Å². The van der Waals surface area contributed by atoms with E-state index >= 15 is 0 Å². The van der Waals surface area contributed by atoms with Crippen molar-refractivity contribution in [2.75, 3.05) is 6.54 Å². The van der Waals surface area contributed by atoms with Crippen molar-refractivity contribution < 1.29 is 23.0 Å². The van der Waals surface area contributed by atoms with Crippen LogP contribution in [-0.4, -0.2) is 23.3 Å². The quantitative estimate of drug-likeness (QED) is 0.794. The lowest BCUT2D eigenvalue weighted by atomic mass is 10.2. The number of hydrogen-bond donors (Lipinski definition) is 1. The minimum Gasteiger partial charge on any atom is -0.487 e. The third-order valence-electron chi connectivity index (χ3n) is 3.95. The van der Waals surface area contributed by atoms with Crippen molar-refractivity contribution in [2.24, 2.45) is 0 Å². The number of nitrogens with zero attached hydrogens (tertiary/aromatic N) is 1. The Morgan fingerprint density at radius 2 is 2.12 bits per heavy atom. The summed E-state index contributed by atoms with van der Waals surface area (Å²) in [5.74, 6) is -1.15. The van der Waals surface area contributed by atoms with Gasteiger partial charge in [0.1, 0.15) is 34.6 Å². The number of halogens is 3. The summed E-state index contributed by atoms with van der Waals surface area (Å²) in [6, 6.07) is 4.82. The fourth-order valence-corrected chi connectivity index (χ4v) is 3.02. The molecule has 1 atom stereocenters. The molecule has 9 heteroatoms. The Labute approximate surface area is 155 Å². The van der Waals surface area contributed by atoms with E-state index < -0.39 is 23.8 Å². The summed E-state index contributed by atoms with van der Waals surface area (Å²) < 4.78 is 38.8. The van der Waals surface area contributed by atoms with Gasteiger partial charge in [-0.05, 0) is 35.0 Å². The first-order valence-corrected chi connectivity index (χ1v) is 8.55. The standard InChI is InChI=1S/C17H15BrF2N2O4/c1-9-4-14(25-8-10-2-3-11(19)5-13(10)20)15(18)16(23)22(9)7-12-6-21-17(24)26-12/h2-5,12H,6-8H2,1H3,(H,21,24). The molecule has 1 aromatic heterocycles.